The van der Waals surface area contributed by atoms with Crippen LogP contribution in [0.25, 0.3) is 0 Å². The first-order valence-corrected chi connectivity index (χ1v) is 3.71. The van der Waals surface area contributed by atoms with Crippen LogP contribution in [0.5, 0.6) is 0 Å². The summed E-state index contributed by atoms with van der Waals surface area (Å²) in [7, 11) is 0. The number of rotatable bonds is 0. The average molecular weight is 189 g/mol. The number of fused-ring (bicyclic) bond motifs is 1. The quantitative estimate of drug-likeness (QED) is 0.325. The molecule has 1 aliphatic heterocycles. The van der Waals surface area contributed by atoms with E-state index in [4.69, 9.17) is 0 Å². The number of carbonyl (C=O) groups is 2. The van der Waals surface area contributed by atoms with Gasteiger partial charge in [-0.2, -0.15) is 0 Å². The Morgan fingerprint density at radius 1 is 1.33 bits per heavy atom. The molecule has 0 N–H and O–H groups in total. The summed E-state index contributed by atoms with van der Waals surface area (Å²) in [5, 5.41) is 0. The van der Waals surface area contributed by atoms with Crippen LogP contribution in [-0.4, -0.2) is 11.9 Å². The van der Waals surface area contributed by atoms with Crippen LogP contribution in [0.2, 0.25) is 0 Å². The van der Waals surface area contributed by atoms with Crippen molar-refractivity contribution in [2.24, 2.45) is 11.8 Å². The second-order valence-electron chi connectivity index (χ2n) is 2.88. The Kier molecular flexibility index (Phi) is 2.52. The highest BCUT2D eigenvalue weighted by Gasteiger charge is 2.43. The van der Waals surface area contributed by atoms with Gasteiger partial charge in [0.05, 0.1) is 11.8 Å². The van der Waals surface area contributed by atoms with Gasteiger partial charge in [0.15, 0.2) is 0 Å². The third kappa shape index (κ3) is 1.25. The molecule has 2 unspecified atom stereocenters. The van der Waals surface area contributed by atoms with E-state index in [-0.39, 0.29) is 36.2 Å². The fourth-order valence-electron chi connectivity index (χ4n) is 1.58. The van der Waals surface area contributed by atoms with Gasteiger partial charge in [0, 0.05) is 0 Å². The van der Waals surface area contributed by atoms with Crippen molar-refractivity contribution < 1.29 is 14.3 Å². The Morgan fingerprint density at radius 3 is 2.75 bits per heavy atom. The highest BCUT2D eigenvalue weighted by Crippen LogP contribution is 2.32. The van der Waals surface area contributed by atoms with Crippen LogP contribution < -0.4 is 0 Å². The highest BCUT2D eigenvalue weighted by molar-refractivity contribution is 5.97. The number of hydrogen-bond acceptors (Lipinski definition) is 3. The molecule has 0 bridgehead atoms. The first-order valence-electron chi connectivity index (χ1n) is 3.71. The number of cyclic esters (lactones) is 2. The first-order chi connectivity index (χ1) is 5.29. The van der Waals surface area contributed by atoms with Crippen LogP contribution in [0.15, 0.2) is 12.2 Å². The van der Waals surface area contributed by atoms with Gasteiger partial charge in [-0.25, -0.2) is 0 Å². The zero-order chi connectivity index (χ0) is 7.84. The third-order valence-electron chi connectivity index (χ3n) is 2.20. The summed E-state index contributed by atoms with van der Waals surface area (Å²) >= 11 is 0. The molecule has 0 aromatic rings. The zero-order valence-electron chi connectivity index (χ0n) is 6.36. The minimum atomic E-state index is -0.379. The van der Waals surface area contributed by atoms with Crippen LogP contribution in [-0.2, 0) is 14.3 Å². The van der Waals surface area contributed by atoms with Gasteiger partial charge in [-0.05, 0) is 12.8 Å². The SMILES string of the molecule is Cl.O=C1OC(=O)C2CCC=CC12. The lowest BCUT2D eigenvalue weighted by atomic mass is 9.86. The summed E-state index contributed by atoms with van der Waals surface area (Å²) in [6, 6.07) is 0. The Morgan fingerprint density at radius 2 is 2.08 bits per heavy atom. The van der Waals surface area contributed by atoms with Crippen LogP contribution in [0.3, 0.4) is 0 Å². The van der Waals surface area contributed by atoms with Crippen molar-refractivity contribution in [1.29, 1.82) is 0 Å². The molecule has 12 heavy (non-hydrogen) atoms. The summed E-state index contributed by atoms with van der Waals surface area (Å²) in [6.45, 7) is 0. The summed E-state index contributed by atoms with van der Waals surface area (Å²) in [6.07, 6.45) is 5.34. The van der Waals surface area contributed by atoms with Gasteiger partial charge in [-0.15, -0.1) is 12.4 Å². The van der Waals surface area contributed by atoms with Crippen molar-refractivity contribution in [3.05, 3.63) is 12.2 Å². The fraction of sp³-hybridized carbons (Fsp3) is 0.500. The van der Waals surface area contributed by atoms with Gasteiger partial charge in [0.25, 0.3) is 0 Å². The minimum Gasteiger partial charge on any atom is -0.392 e. The molecule has 2 aliphatic rings. The lowest BCUT2D eigenvalue weighted by Crippen LogP contribution is -2.17. The number of hydrogen-bond donors (Lipinski definition) is 0. The van der Waals surface area contributed by atoms with Gasteiger partial charge >= 0.3 is 11.9 Å². The van der Waals surface area contributed by atoms with Crippen LogP contribution in [0, 0.1) is 11.8 Å². The number of halogens is 1. The molecule has 4 heteroatoms. The number of ether oxygens (including phenoxy) is 1. The largest absolute Gasteiger partial charge is 0.392 e. The average Bonchev–Trinajstić information content (AvgIpc) is 2.30. The molecule has 0 aromatic heterocycles. The Balaban J connectivity index is 0.000000720. The van der Waals surface area contributed by atoms with E-state index < -0.39 is 0 Å². The molecule has 2 atom stereocenters. The maximum absolute atomic E-state index is 10.9. The second-order valence-corrected chi connectivity index (χ2v) is 2.88. The Bertz CT molecular complexity index is 247. The molecule has 2 rings (SSSR count). The summed E-state index contributed by atoms with van der Waals surface area (Å²) < 4.78 is 4.48. The minimum absolute atomic E-state index is 0. The van der Waals surface area contributed by atoms with Crippen molar-refractivity contribution in [2.45, 2.75) is 12.8 Å². The van der Waals surface area contributed by atoms with Gasteiger partial charge in [-0.3, -0.25) is 9.59 Å². The van der Waals surface area contributed by atoms with E-state index in [1.54, 1.807) is 6.08 Å². The first kappa shape index (κ1) is 9.26. The number of esters is 2. The van der Waals surface area contributed by atoms with E-state index in [0.29, 0.717) is 0 Å². The molecule has 3 nitrogen and oxygen atoms in total. The van der Waals surface area contributed by atoms with Crippen molar-refractivity contribution >= 4 is 24.3 Å². The molecule has 0 amide bonds. The lowest BCUT2D eigenvalue weighted by molar-refractivity contribution is -0.153. The topological polar surface area (TPSA) is 43.4 Å². The molecule has 1 fully saturated rings. The molecule has 1 saturated heterocycles. The van der Waals surface area contributed by atoms with Crippen LogP contribution >= 0.6 is 12.4 Å². The molecular weight excluding hydrogens is 180 g/mol. The second kappa shape index (κ2) is 3.27. The van der Waals surface area contributed by atoms with E-state index in [1.165, 1.54) is 0 Å². The number of carbonyl (C=O) groups excluding carboxylic acids is 2. The van der Waals surface area contributed by atoms with Gasteiger partial charge < -0.3 is 4.74 Å². The van der Waals surface area contributed by atoms with Gasteiger partial charge in [0.2, 0.25) is 0 Å². The van der Waals surface area contributed by atoms with Gasteiger partial charge in [-0.1, -0.05) is 12.2 Å². The molecule has 1 aliphatic carbocycles. The van der Waals surface area contributed by atoms with Crippen molar-refractivity contribution in [3.63, 3.8) is 0 Å². The Hall–Kier alpha value is -0.830. The molecule has 0 aromatic carbocycles. The molecule has 1 heterocycles. The fourth-order valence-corrected chi connectivity index (χ4v) is 1.58. The normalized spacial score (nSPS) is 32.3. The van der Waals surface area contributed by atoms with Crippen LogP contribution in [0.1, 0.15) is 12.8 Å². The predicted octanol–water partition coefficient (Wildman–Crippen LogP) is 1.07. The summed E-state index contributed by atoms with van der Waals surface area (Å²) in [5.41, 5.74) is 0. The lowest BCUT2D eigenvalue weighted by Gasteiger charge is -2.12. The molecular formula is C8H9ClO3. The van der Waals surface area contributed by atoms with E-state index in [9.17, 15) is 9.59 Å². The predicted molar refractivity (Wildman–Crippen MR) is 43.7 cm³/mol. The monoisotopic (exact) mass is 188 g/mol. The van der Waals surface area contributed by atoms with E-state index in [0.717, 1.165) is 12.8 Å². The van der Waals surface area contributed by atoms with Crippen molar-refractivity contribution in [3.8, 4) is 0 Å². The summed E-state index contributed by atoms with van der Waals surface area (Å²) in [5.74, 6) is -1.19. The number of allylic oxidation sites excluding steroid dienone is 1. The van der Waals surface area contributed by atoms with Crippen LogP contribution in [0.4, 0.5) is 0 Å². The Labute approximate surface area is 76.2 Å². The van der Waals surface area contributed by atoms with E-state index >= 15 is 0 Å². The highest BCUT2D eigenvalue weighted by atomic mass is 35.5. The summed E-state index contributed by atoms with van der Waals surface area (Å²) in [4.78, 5) is 21.9. The standard InChI is InChI=1S/C8H8O3.ClH/c9-7-5-3-1-2-4-6(5)8(10)11-7;/h1,3,5-6H,2,4H2;1H. The van der Waals surface area contributed by atoms with E-state index in [2.05, 4.69) is 4.74 Å². The molecule has 0 radical (unpaired) electrons. The van der Waals surface area contributed by atoms with Crippen molar-refractivity contribution in [1.82, 2.24) is 0 Å². The molecule has 0 saturated carbocycles. The van der Waals surface area contributed by atoms with Crippen molar-refractivity contribution in [2.75, 3.05) is 0 Å². The zero-order valence-corrected chi connectivity index (χ0v) is 7.17. The molecule has 66 valence electrons. The van der Waals surface area contributed by atoms with Gasteiger partial charge in [0.1, 0.15) is 0 Å². The molecule has 0 spiro atoms. The smallest absolute Gasteiger partial charge is 0.321 e. The maximum Gasteiger partial charge on any atom is 0.321 e. The van der Waals surface area contributed by atoms with E-state index in [1.807, 2.05) is 6.08 Å². The third-order valence-corrected chi connectivity index (χ3v) is 2.20. The maximum atomic E-state index is 10.9.